The van der Waals surface area contributed by atoms with Crippen molar-refractivity contribution in [2.24, 2.45) is 0 Å². The lowest BCUT2D eigenvalue weighted by Gasteiger charge is -2.26. The standard InChI is InChI=1S/C24H25N3O7/c1-24(2,3)33-23(30)25-16(22(28)29)12-20-26-21(27-34-20)15-8-6-7-14(11-15)19-13-31-17-9-4-5-10-18(17)32-19/h4-11,16,19H,12-13H2,1-3H3,(H,25,30)(H,28,29)/t16-,19-/m0/s1. The Hall–Kier alpha value is -4.08. The van der Waals surface area contributed by atoms with E-state index in [0.29, 0.717) is 23.7 Å². The van der Waals surface area contributed by atoms with E-state index in [1.165, 1.54) is 0 Å². The lowest BCUT2D eigenvalue weighted by molar-refractivity contribution is -0.139. The molecule has 2 N–H and O–H groups in total. The van der Waals surface area contributed by atoms with E-state index in [-0.39, 0.29) is 24.2 Å². The van der Waals surface area contributed by atoms with E-state index in [9.17, 15) is 14.7 Å². The highest BCUT2D eigenvalue weighted by atomic mass is 16.6. The van der Waals surface area contributed by atoms with Gasteiger partial charge in [-0.25, -0.2) is 9.59 Å². The average Bonchev–Trinajstić information content (AvgIpc) is 3.26. The van der Waals surface area contributed by atoms with Crippen LogP contribution >= 0.6 is 0 Å². The van der Waals surface area contributed by atoms with Crippen LogP contribution in [0.4, 0.5) is 4.79 Å². The third kappa shape index (κ3) is 5.64. The number of hydrogen-bond donors (Lipinski definition) is 2. The summed E-state index contributed by atoms with van der Waals surface area (Å²) in [6.45, 7) is 5.41. The predicted molar refractivity (Wildman–Crippen MR) is 120 cm³/mol. The zero-order valence-electron chi connectivity index (χ0n) is 19.0. The summed E-state index contributed by atoms with van der Waals surface area (Å²) < 4.78 is 22.2. The van der Waals surface area contributed by atoms with Gasteiger partial charge in [-0.3, -0.25) is 0 Å². The average molecular weight is 467 g/mol. The first-order valence-electron chi connectivity index (χ1n) is 10.7. The van der Waals surface area contributed by atoms with Crippen LogP contribution in [0.3, 0.4) is 0 Å². The second-order valence-corrected chi connectivity index (χ2v) is 8.74. The Morgan fingerprint density at radius 3 is 2.68 bits per heavy atom. The Morgan fingerprint density at radius 2 is 1.94 bits per heavy atom. The summed E-state index contributed by atoms with van der Waals surface area (Å²) in [5, 5.41) is 15.7. The van der Waals surface area contributed by atoms with Gasteiger partial charge in [0.25, 0.3) is 0 Å². The predicted octanol–water partition coefficient (Wildman–Crippen LogP) is 3.77. The second-order valence-electron chi connectivity index (χ2n) is 8.74. The number of ether oxygens (including phenoxy) is 3. The van der Waals surface area contributed by atoms with Crippen molar-refractivity contribution in [3.05, 3.63) is 60.0 Å². The number of aromatic nitrogens is 2. The summed E-state index contributed by atoms with van der Waals surface area (Å²) >= 11 is 0. The Labute approximate surface area is 195 Å². The number of rotatable bonds is 6. The number of nitrogens with one attached hydrogen (secondary N) is 1. The fourth-order valence-corrected chi connectivity index (χ4v) is 3.34. The molecule has 34 heavy (non-hydrogen) atoms. The van der Waals surface area contributed by atoms with Crippen LogP contribution in [0.5, 0.6) is 11.5 Å². The molecular weight excluding hydrogens is 442 g/mol. The van der Waals surface area contributed by atoms with Crippen LogP contribution in [0.15, 0.2) is 53.1 Å². The fourth-order valence-electron chi connectivity index (χ4n) is 3.34. The van der Waals surface area contributed by atoms with Crippen LogP contribution in [0.1, 0.15) is 38.3 Å². The molecule has 3 aromatic rings. The number of aliphatic carboxylic acids is 1. The van der Waals surface area contributed by atoms with Crippen molar-refractivity contribution in [1.82, 2.24) is 15.5 Å². The quantitative estimate of drug-likeness (QED) is 0.556. The second kappa shape index (κ2) is 9.42. The fraction of sp³-hybridized carbons (Fsp3) is 0.333. The van der Waals surface area contributed by atoms with Gasteiger partial charge in [-0.1, -0.05) is 35.5 Å². The first-order valence-corrected chi connectivity index (χ1v) is 10.7. The summed E-state index contributed by atoms with van der Waals surface area (Å²) in [6, 6.07) is 13.6. The van der Waals surface area contributed by atoms with Crippen molar-refractivity contribution >= 4 is 12.1 Å². The molecule has 0 aliphatic carbocycles. The number of fused-ring (bicyclic) bond motifs is 1. The van der Waals surface area contributed by atoms with Crippen molar-refractivity contribution in [1.29, 1.82) is 0 Å². The monoisotopic (exact) mass is 467 g/mol. The van der Waals surface area contributed by atoms with Crippen molar-refractivity contribution in [2.45, 2.75) is 44.9 Å². The molecule has 0 unspecified atom stereocenters. The van der Waals surface area contributed by atoms with E-state index in [2.05, 4.69) is 15.5 Å². The van der Waals surface area contributed by atoms with Gasteiger partial charge < -0.3 is 29.2 Å². The van der Waals surface area contributed by atoms with Gasteiger partial charge in [0.1, 0.15) is 18.2 Å². The number of carbonyl (C=O) groups excluding carboxylic acids is 1. The highest BCUT2D eigenvalue weighted by Gasteiger charge is 2.27. The number of hydrogen-bond acceptors (Lipinski definition) is 8. The molecule has 2 heterocycles. The molecular formula is C24H25N3O7. The number of nitrogens with zero attached hydrogens (tertiary/aromatic N) is 2. The van der Waals surface area contributed by atoms with E-state index in [1.807, 2.05) is 48.5 Å². The zero-order valence-corrected chi connectivity index (χ0v) is 19.0. The summed E-state index contributed by atoms with van der Waals surface area (Å²) in [7, 11) is 0. The van der Waals surface area contributed by atoms with Gasteiger partial charge in [0.2, 0.25) is 11.7 Å². The molecule has 0 saturated heterocycles. The van der Waals surface area contributed by atoms with Gasteiger partial charge in [0.15, 0.2) is 17.6 Å². The molecule has 0 radical (unpaired) electrons. The van der Waals surface area contributed by atoms with Gasteiger partial charge in [-0.15, -0.1) is 0 Å². The minimum Gasteiger partial charge on any atom is -0.485 e. The first kappa shape index (κ1) is 23.1. The van der Waals surface area contributed by atoms with Crippen LogP contribution in [-0.2, 0) is 16.0 Å². The number of carboxylic acids is 1. The summed E-state index contributed by atoms with van der Waals surface area (Å²) in [5.41, 5.74) is 0.778. The molecule has 10 heteroatoms. The van der Waals surface area contributed by atoms with Gasteiger partial charge >= 0.3 is 12.1 Å². The Morgan fingerprint density at radius 1 is 1.18 bits per heavy atom. The Bertz CT molecular complexity index is 1190. The molecule has 0 bridgehead atoms. The molecule has 1 aromatic heterocycles. The molecule has 2 aromatic carbocycles. The number of para-hydroxylation sites is 2. The minimum absolute atomic E-state index is 0.0649. The molecule has 1 amide bonds. The van der Waals surface area contributed by atoms with E-state index in [0.717, 1.165) is 5.56 Å². The maximum Gasteiger partial charge on any atom is 0.408 e. The molecule has 0 saturated carbocycles. The van der Waals surface area contributed by atoms with E-state index in [1.54, 1.807) is 20.8 Å². The highest BCUT2D eigenvalue weighted by molar-refractivity contribution is 5.80. The molecule has 1 aliphatic rings. The lowest BCUT2D eigenvalue weighted by Crippen LogP contribution is -2.44. The van der Waals surface area contributed by atoms with Crippen molar-refractivity contribution < 1.29 is 33.4 Å². The van der Waals surface area contributed by atoms with Gasteiger partial charge in [-0.2, -0.15) is 4.98 Å². The molecule has 10 nitrogen and oxygen atoms in total. The lowest BCUT2D eigenvalue weighted by atomic mass is 10.1. The van der Waals surface area contributed by atoms with Gasteiger partial charge in [0.05, 0.1) is 6.42 Å². The van der Waals surface area contributed by atoms with Crippen molar-refractivity contribution in [3.63, 3.8) is 0 Å². The number of amides is 1. The van der Waals surface area contributed by atoms with Crippen LogP contribution in [0.2, 0.25) is 0 Å². The van der Waals surface area contributed by atoms with Gasteiger partial charge in [0, 0.05) is 5.56 Å². The minimum atomic E-state index is -1.29. The largest absolute Gasteiger partial charge is 0.485 e. The molecule has 0 fully saturated rings. The van der Waals surface area contributed by atoms with Crippen molar-refractivity contribution in [3.8, 4) is 22.9 Å². The SMILES string of the molecule is CC(C)(C)OC(=O)N[C@@H](Cc1nc(-c2cccc([C@@H]3COc4ccccc4O3)c2)no1)C(=O)O. The summed E-state index contributed by atoms with van der Waals surface area (Å²) in [5.74, 6) is 0.474. The van der Waals surface area contributed by atoms with E-state index < -0.39 is 23.7 Å². The first-order chi connectivity index (χ1) is 16.2. The number of benzene rings is 2. The third-order valence-electron chi connectivity index (χ3n) is 4.86. The number of carboxylic acid groups (broad SMARTS) is 1. The molecule has 1 aliphatic heterocycles. The van der Waals surface area contributed by atoms with Crippen molar-refractivity contribution in [2.75, 3.05) is 6.61 Å². The van der Waals surface area contributed by atoms with E-state index >= 15 is 0 Å². The molecule has 2 atom stereocenters. The molecule has 0 spiro atoms. The maximum atomic E-state index is 12.0. The summed E-state index contributed by atoms with van der Waals surface area (Å²) in [6.07, 6.45) is -1.35. The van der Waals surface area contributed by atoms with Crippen LogP contribution < -0.4 is 14.8 Å². The zero-order chi connectivity index (χ0) is 24.3. The third-order valence-corrected chi connectivity index (χ3v) is 4.86. The summed E-state index contributed by atoms with van der Waals surface area (Å²) in [4.78, 5) is 27.9. The Balaban J connectivity index is 1.46. The van der Waals surface area contributed by atoms with Crippen LogP contribution in [0.25, 0.3) is 11.4 Å². The normalized spacial score (nSPS) is 15.9. The van der Waals surface area contributed by atoms with Crippen LogP contribution in [0, 0.1) is 0 Å². The number of alkyl carbamates (subject to hydrolysis) is 1. The van der Waals surface area contributed by atoms with Gasteiger partial charge in [-0.05, 0) is 44.5 Å². The number of carbonyl (C=O) groups is 2. The molecule has 4 rings (SSSR count). The molecule has 178 valence electrons. The highest BCUT2D eigenvalue weighted by Crippen LogP contribution is 2.36. The maximum absolute atomic E-state index is 12.0. The van der Waals surface area contributed by atoms with Crippen LogP contribution in [-0.4, -0.2) is 45.6 Å². The smallest absolute Gasteiger partial charge is 0.408 e. The topological polar surface area (TPSA) is 133 Å². The Kier molecular flexibility index (Phi) is 6.40. The van der Waals surface area contributed by atoms with E-state index in [4.69, 9.17) is 18.7 Å².